The summed E-state index contributed by atoms with van der Waals surface area (Å²) in [7, 11) is -0.372. The summed E-state index contributed by atoms with van der Waals surface area (Å²) in [6, 6.07) is 0. The van der Waals surface area contributed by atoms with Crippen molar-refractivity contribution in [3.05, 3.63) is 54.0 Å². The fraction of sp³-hybridized carbons (Fsp3) is 0.524. The molecule has 4 heteroatoms. The SMILES string of the molecule is CC1=C(C23[CH-]C4C=CC=CC4C2CCCC3=[Si](C)C)CC=C1.[Cl-].[Cl-].[Hf]. The zero-order chi connectivity index (χ0) is 15.3. The minimum atomic E-state index is -0.372. The molecule has 0 saturated heterocycles. The Bertz CT molecular complexity index is 651. The molecular formula is C21H27Cl2HfSi-3. The summed E-state index contributed by atoms with van der Waals surface area (Å²) in [5.41, 5.74) is 3.61. The molecule has 25 heavy (non-hydrogen) atoms. The van der Waals surface area contributed by atoms with E-state index in [1.165, 1.54) is 25.7 Å². The molecule has 0 spiro atoms. The zero-order valence-corrected chi connectivity index (χ0v) is 21.5. The van der Waals surface area contributed by atoms with Crippen LogP contribution in [0.4, 0.5) is 0 Å². The first-order valence-electron chi connectivity index (χ1n) is 8.89. The van der Waals surface area contributed by atoms with Crippen LogP contribution in [0, 0.1) is 29.6 Å². The Balaban J connectivity index is 0.00000104. The van der Waals surface area contributed by atoms with Gasteiger partial charge in [-0.15, -0.1) is 22.6 Å². The van der Waals surface area contributed by atoms with E-state index in [9.17, 15) is 0 Å². The van der Waals surface area contributed by atoms with Gasteiger partial charge in [-0.1, -0.05) is 67.0 Å². The van der Waals surface area contributed by atoms with Gasteiger partial charge in [0.1, 0.15) is 0 Å². The van der Waals surface area contributed by atoms with E-state index in [-0.39, 0.29) is 59.1 Å². The number of fused-ring (bicyclic) bond motifs is 3. The van der Waals surface area contributed by atoms with Gasteiger partial charge >= 0.3 is 0 Å². The maximum absolute atomic E-state index is 2.78. The molecule has 4 aliphatic carbocycles. The van der Waals surface area contributed by atoms with Crippen LogP contribution < -0.4 is 24.8 Å². The van der Waals surface area contributed by atoms with Crippen LogP contribution in [0.2, 0.25) is 13.1 Å². The molecule has 0 nitrogen and oxygen atoms in total. The van der Waals surface area contributed by atoms with E-state index in [0.717, 1.165) is 11.8 Å². The maximum atomic E-state index is 2.78. The molecule has 0 aromatic rings. The number of halogens is 2. The predicted octanol–water partition coefficient (Wildman–Crippen LogP) is -0.860. The Kier molecular flexibility index (Phi) is 8.59. The molecule has 4 atom stereocenters. The molecule has 0 aliphatic heterocycles. The summed E-state index contributed by atoms with van der Waals surface area (Å²) in [5.74, 6) is 2.21. The van der Waals surface area contributed by atoms with Gasteiger partial charge in [0.15, 0.2) is 0 Å². The Labute approximate surface area is 186 Å². The number of hydrogen-bond acceptors (Lipinski definition) is 0. The molecule has 2 saturated carbocycles. The molecule has 4 rings (SSSR count). The van der Waals surface area contributed by atoms with Crippen molar-refractivity contribution in [3.63, 3.8) is 0 Å². The molecule has 0 radical (unpaired) electrons. The van der Waals surface area contributed by atoms with Crippen molar-refractivity contribution in [1.29, 1.82) is 0 Å². The first-order valence-corrected chi connectivity index (χ1v) is 11.4. The van der Waals surface area contributed by atoms with Gasteiger partial charge in [0.25, 0.3) is 0 Å². The molecule has 2 fully saturated rings. The third-order valence-corrected chi connectivity index (χ3v) is 8.31. The predicted molar refractivity (Wildman–Crippen MR) is 98.3 cm³/mol. The minimum Gasteiger partial charge on any atom is -1.00 e. The van der Waals surface area contributed by atoms with Crippen molar-refractivity contribution in [1.82, 2.24) is 0 Å². The van der Waals surface area contributed by atoms with E-state index in [0.29, 0.717) is 11.3 Å². The quantitative estimate of drug-likeness (QED) is 0.291. The zero-order valence-electron chi connectivity index (χ0n) is 15.4. The van der Waals surface area contributed by atoms with E-state index >= 15 is 0 Å². The van der Waals surface area contributed by atoms with Crippen LogP contribution in [0.25, 0.3) is 0 Å². The van der Waals surface area contributed by atoms with Crippen LogP contribution in [0.1, 0.15) is 32.6 Å². The monoisotopic (exact) mass is 557 g/mol. The van der Waals surface area contributed by atoms with Crippen molar-refractivity contribution >= 4 is 13.6 Å². The standard InChI is InChI=1S/C21H27Si.2ClH.Hf/c1-15-8-6-11-18(15)21-14-16-9-4-5-10-17(16)19(21)12-7-13-20(21)22(2)3;;;/h4-6,8-10,14,16-17,19H,7,11-13H2,1-3H3;2*1H;/q-1;;;/p-2. The Morgan fingerprint density at radius 2 is 1.88 bits per heavy atom. The molecule has 0 aromatic carbocycles. The first kappa shape index (κ1) is 23.5. The number of hydrogen-bond donors (Lipinski definition) is 0. The third-order valence-electron chi connectivity index (χ3n) is 6.44. The molecule has 0 N–H and O–H groups in total. The average molecular weight is 557 g/mol. The van der Waals surface area contributed by atoms with E-state index in [1.807, 2.05) is 5.17 Å². The number of allylic oxidation sites excluding steroid dienone is 8. The Morgan fingerprint density at radius 1 is 1.16 bits per heavy atom. The van der Waals surface area contributed by atoms with Gasteiger partial charge in [0.2, 0.25) is 0 Å². The van der Waals surface area contributed by atoms with Gasteiger partial charge in [0.05, 0.1) is 0 Å². The van der Waals surface area contributed by atoms with Crippen LogP contribution >= 0.6 is 0 Å². The summed E-state index contributed by atoms with van der Waals surface area (Å²) in [6.07, 6.45) is 22.4. The second kappa shape index (κ2) is 9.13. The molecule has 0 heterocycles. The van der Waals surface area contributed by atoms with Gasteiger partial charge in [0, 0.05) is 34.3 Å². The van der Waals surface area contributed by atoms with E-state index < -0.39 is 0 Å². The van der Waals surface area contributed by atoms with E-state index in [1.54, 1.807) is 11.1 Å². The Morgan fingerprint density at radius 3 is 2.52 bits per heavy atom. The van der Waals surface area contributed by atoms with Crippen molar-refractivity contribution in [2.45, 2.75) is 45.7 Å². The fourth-order valence-corrected chi connectivity index (χ4v) is 7.60. The molecular weight excluding hydrogens is 530 g/mol. The van der Waals surface area contributed by atoms with Crippen molar-refractivity contribution < 1.29 is 50.7 Å². The summed E-state index contributed by atoms with van der Waals surface area (Å²) in [6.45, 7) is 7.38. The third kappa shape index (κ3) is 3.62. The summed E-state index contributed by atoms with van der Waals surface area (Å²) in [4.78, 5) is 0. The van der Waals surface area contributed by atoms with E-state index in [2.05, 4.69) is 62.9 Å². The minimum absolute atomic E-state index is 0. The molecule has 4 aliphatic rings. The second-order valence-electron chi connectivity index (χ2n) is 7.71. The second-order valence-corrected chi connectivity index (χ2v) is 10.3. The van der Waals surface area contributed by atoms with Crippen LogP contribution in [0.15, 0.2) is 47.6 Å². The van der Waals surface area contributed by atoms with Crippen LogP contribution in [0.3, 0.4) is 0 Å². The maximum Gasteiger partial charge on any atom is 0.000292 e. The topological polar surface area (TPSA) is 0 Å². The normalized spacial score (nSPS) is 34.7. The Hall–Kier alpha value is 0.497. The number of rotatable bonds is 1. The van der Waals surface area contributed by atoms with E-state index in [4.69, 9.17) is 0 Å². The van der Waals surface area contributed by atoms with Crippen LogP contribution in [-0.4, -0.2) is 13.6 Å². The van der Waals surface area contributed by atoms with Crippen molar-refractivity contribution in [3.8, 4) is 0 Å². The van der Waals surface area contributed by atoms with Gasteiger partial charge in [-0.25, -0.2) is 0 Å². The molecule has 0 bridgehead atoms. The van der Waals surface area contributed by atoms with Crippen molar-refractivity contribution in [2.75, 3.05) is 0 Å². The van der Waals surface area contributed by atoms with Crippen LogP contribution in [-0.2, 0) is 25.8 Å². The fourth-order valence-electron chi connectivity index (χ4n) is 5.67. The van der Waals surface area contributed by atoms with Crippen molar-refractivity contribution in [2.24, 2.45) is 23.2 Å². The largest absolute Gasteiger partial charge is 1.00 e. The van der Waals surface area contributed by atoms with Gasteiger partial charge in [-0.05, 0) is 32.1 Å². The first-order chi connectivity index (χ1) is 10.6. The van der Waals surface area contributed by atoms with Gasteiger partial charge < -0.3 is 31.2 Å². The van der Waals surface area contributed by atoms with Gasteiger partial charge in [-0.2, -0.15) is 0 Å². The summed E-state index contributed by atoms with van der Waals surface area (Å²) < 4.78 is 0. The molecule has 0 aromatic heterocycles. The smallest absolute Gasteiger partial charge is 0.000292 e. The molecule has 0 amide bonds. The van der Waals surface area contributed by atoms with Crippen LogP contribution in [0.5, 0.6) is 0 Å². The molecule has 136 valence electrons. The van der Waals surface area contributed by atoms with Gasteiger partial charge in [-0.3, -0.25) is 0 Å². The summed E-state index contributed by atoms with van der Waals surface area (Å²) >= 11 is 0. The molecule has 4 unspecified atom stereocenters. The summed E-state index contributed by atoms with van der Waals surface area (Å²) in [5, 5.41) is 1.92. The average Bonchev–Trinajstić information content (AvgIpc) is 3.08.